The first-order valence-corrected chi connectivity index (χ1v) is 8.61. The van der Waals surface area contributed by atoms with Crippen molar-refractivity contribution in [2.45, 2.75) is 17.6 Å². The zero-order valence-electron chi connectivity index (χ0n) is 9.66. The van der Waals surface area contributed by atoms with Gasteiger partial charge in [-0.3, -0.25) is 0 Å². The van der Waals surface area contributed by atoms with Crippen LogP contribution in [0.4, 0.5) is 0 Å². The molecule has 0 saturated carbocycles. The minimum atomic E-state index is -0.0529. The summed E-state index contributed by atoms with van der Waals surface area (Å²) in [5.74, 6) is 2.37. The fourth-order valence-corrected chi connectivity index (χ4v) is 4.94. The monoisotopic (exact) mass is 314 g/mol. The standard InChI is InChI=1S/C14H12Cl2S2/c15-11-3-1-9(2-4-11)14(16)13-7-10-8-17-6-5-12(10)18-13/h1-4,7,14H,5-6,8H2. The van der Waals surface area contributed by atoms with Gasteiger partial charge in [0.25, 0.3) is 0 Å². The number of hydrogen-bond donors (Lipinski definition) is 0. The van der Waals surface area contributed by atoms with Crippen LogP contribution in [0.25, 0.3) is 0 Å². The Bertz CT molecular complexity index is 522. The molecule has 1 unspecified atom stereocenters. The van der Waals surface area contributed by atoms with E-state index >= 15 is 0 Å². The molecule has 1 aliphatic heterocycles. The summed E-state index contributed by atoms with van der Waals surface area (Å²) in [5.41, 5.74) is 2.60. The lowest BCUT2D eigenvalue weighted by atomic mass is 10.1. The molecule has 0 amide bonds. The van der Waals surface area contributed by atoms with Gasteiger partial charge in [0.2, 0.25) is 0 Å². The number of fused-ring (bicyclic) bond motifs is 1. The molecule has 0 saturated heterocycles. The lowest BCUT2D eigenvalue weighted by molar-refractivity contribution is 1.13. The van der Waals surface area contributed by atoms with E-state index in [0.29, 0.717) is 0 Å². The van der Waals surface area contributed by atoms with Crippen molar-refractivity contribution < 1.29 is 0 Å². The summed E-state index contributed by atoms with van der Waals surface area (Å²) in [6.07, 6.45) is 1.19. The third-order valence-corrected chi connectivity index (χ3v) is 6.24. The molecule has 1 aromatic carbocycles. The van der Waals surface area contributed by atoms with Gasteiger partial charge in [0.05, 0.1) is 5.38 Å². The fourth-order valence-electron chi connectivity index (χ4n) is 2.09. The highest BCUT2D eigenvalue weighted by atomic mass is 35.5. The van der Waals surface area contributed by atoms with Crippen molar-refractivity contribution in [1.82, 2.24) is 0 Å². The van der Waals surface area contributed by atoms with E-state index < -0.39 is 0 Å². The van der Waals surface area contributed by atoms with Crippen molar-refractivity contribution in [2.75, 3.05) is 5.75 Å². The van der Waals surface area contributed by atoms with E-state index in [-0.39, 0.29) is 5.38 Å². The highest BCUT2D eigenvalue weighted by molar-refractivity contribution is 7.98. The Hall–Kier alpha value is -0.150. The Labute approximate surface area is 125 Å². The second-order valence-electron chi connectivity index (χ2n) is 4.31. The molecule has 1 atom stereocenters. The van der Waals surface area contributed by atoms with Crippen LogP contribution in [0.5, 0.6) is 0 Å². The van der Waals surface area contributed by atoms with Crippen molar-refractivity contribution in [3.05, 3.63) is 56.2 Å². The highest BCUT2D eigenvalue weighted by Gasteiger charge is 2.19. The number of hydrogen-bond acceptors (Lipinski definition) is 2. The number of thiophene rings is 1. The van der Waals surface area contributed by atoms with Gasteiger partial charge < -0.3 is 0 Å². The first-order valence-electron chi connectivity index (χ1n) is 5.83. The molecular weight excluding hydrogens is 303 g/mol. The van der Waals surface area contributed by atoms with Gasteiger partial charge >= 0.3 is 0 Å². The maximum absolute atomic E-state index is 6.56. The van der Waals surface area contributed by atoms with Gasteiger partial charge in [0.1, 0.15) is 0 Å². The summed E-state index contributed by atoms with van der Waals surface area (Å²) < 4.78 is 0. The largest absolute Gasteiger partial charge is 0.157 e. The average molecular weight is 315 g/mol. The summed E-state index contributed by atoms with van der Waals surface area (Å²) in [5, 5.41) is 0.701. The van der Waals surface area contributed by atoms with Crippen LogP contribution in [0.2, 0.25) is 5.02 Å². The molecule has 0 nitrogen and oxygen atoms in total. The maximum Gasteiger partial charge on any atom is 0.0928 e. The van der Waals surface area contributed by atoms with Gasteiger partial charge in [-0.25, -0.2) is 0 Å². The lowest BCUT2D eigenvalue weighted by Gasteiger charge is -2.08. The Morgan fingerprint density at radius 1 is 1.17 bits per heavy atom. The number of alkyl halides is 1. The molecule has 0 spiro atoms. The molecule has 2 heterocycles. The second-order valence-corrected chi connectivity index (χ2v) is 7.46. The van der Waals surface area contributed by atoms with Crippen molar-refractivity contribution in [3.8, 4) is 0 Å². The Morgan fingerprint density at radius 3 is 2.67 bits per heavy atom. The van der Waals surface area contributed by atoms with Crippen molar-refractivity contribution >= 4 is 46.3 Å². The third-order valence-electron chi connectivity index (χ3n) is 3.06. The molecule has 0 radical (unpaired) electrons. The van der Waals surface area contributed by atoms with E-state index in [4.69, 9.17) is 23.2 Å². The molecule has 2 aromatic rings. The van der Waals surface area contributed by atoms with Gasteiger partial charge in [-0.05, 0) is 41.5 Å². The van der Waals surface area contributed by atoms with Gasteiger partial charge in [-0.1, -0.05) is 23.7 Å². The van der Waals surface area contributed by atoms with Crippen molar-refractivity contribution in [3.63, 3.8) is 0 Å². The average Bonchev–Trinajstić information content (AvgIpc) is 2.82. The quantitative estimate of drug-likeness (QED) is 0.658. The summed E-state index contributed by atoms with van der Waals surface area (Å²) in [7, 11) is 0. The summed E-state index contributed by atoms with van der Waals surface area (Å²) >= 11 is 16.3. The number of thioether (sulfide) groups is 1. The predicted molar refractivity (Wildman–Crippen MR) is 83.3 cm³/mol. The Balaban J connectivity index is 1.89. The highest BCUT2D eigenvalue weighted by Crippen LogP contribution is 2.39. The zero-order chi connectivity index (χ0) is 12.5. The van der Waals surface area contributed by atoms with Gasteiger partial charge in [-0.2, -0.15) is 11.8 Å². The number of aryl methyl sites for hydroxylation is 1. The minimum absolute atomic E-state index is 0.0529. The molecule has 0 aliphatic carbocycles. The maximum atomic E-state index is 6.56. The summed E-state index contributed by atoms with van der Waals surface area (Å²) in [6.45, 7) is 0. The normalized spacial score (nSPS) is 16.3. The molecule has 3 rings (SSSR count). The Morgan fingerprint density at radius 2 is 1.94 bits per heavy atom. The molecule has 0 bridgehead atoms. The van der Waals surface area contributed by atoms with Crippen LogP contribution in [-0.2, 0) is 12.2 Å². The number of benzene rings is 1. The van der Waals surface area contributed by atoms with E-state index in [2.05, 4.69) is 6.07 Å². The summed E-state index contributed by atoms with van der Waals surface area (Å²) in [4.78, 5) is 2.77. The second kappa shape index (κ2) is 5.46. The Kier molecular flexibility index (Phi) is 3.90. The van der Waals surface area contributed by atoms with E-state index in [0.717, 1.165) is 16.3 Å². The van der Waals surface area contributed by atoms with Crippen LogP contribution in [-0.4, -0.2) is 5.75 Å². The molecule has 0 fully saturated rings. The van der Waals surface area contributed by atoms with Gasteiger partial charge in [0.15, 0.2) is 0 Å². The van der Waals surface area contributed by atoms with Crippen molar-refractivity contribution in [2.24, 2.45) is 0 Å². The zero-order valence-corrected chi connectivity index (χ0v) is 12.8. The van der Waals surface area contributed by atoms with Crippen LogP contribution < -0.4 is 0 Å². The molecule has 0 N–H and O–H groups in total. The SMILES string of the molecule is Clc1ccc(C(Cl)c2cc3c(s2)CCSC3)cc1. The topological polar surface area (TPSA) is 0 Å². The molecular formula is C14H12Cl2S2. The number of halogens is 2. The fraction of sp³-hybridized carbons (Fsp3) is 0.286. The molecule has 94 valence electrons. The first-order chi connectivity index (χ1) is 8.74. The van der Waals surface area contributed by atoms with Gasteiger partial charge in [-0.15, -0.1) is 22.9 Å². The van der Waals surface area contributed by atoms with E-state index in [1.54, 1.807) is 0 Å². The molecule has 4 heteroatoms. The molecule has 18 heavy (non-hydrogen) atoms. The van der Waals surface area contributed by atoms with Crippen LogP contribution in [0.1, 0.15) is 26.3 Å². The van der Waals surface area contributed by atoms with E-state index in [1.165, 1.54) is 27.5 Å². The van der Waals surface area contributed by atoms with Crippen LogP contribution in [0, 0.1) is 0 Å². The van der Waals surface area contributed by atoms with E-state index in [9.17, 15) is 0 Å². The third kappa shape index (κ3) is 2.57. The van der Waals surface area contributed by atoms with Crippen LogP contribution >= 0.6 is 46.3 Å². The first kappa shape index (κ1) is 12.9. The van der Waals surface area contributed by atoms with Gasteiger partial charge in [0, 0.05) is 20.5 Å². The number of rotatable bonds is 2. The molecule has 1 aliphatic rings. The van der Waals surface area contributed by atoms with Crippen LogP contribution in [0.3, 0.4) is 0 Å². The van der Waals surface area contributed by atoms with Crippen LogP contribution in [0.15, 0.2) is 30.3 Å². The summed E-state index contributed by atoms with van der Waals surface area (Å²) in [6, 6.07) is 10.1. The molecule has 1 aromatic heterocycles. The predicted octanol–water partition coefficient (Wildman–Crippen LogP) is 5.52. The minimum Gasteiger partial charge on any atom is -0.157 e. The smallest absolute Gasteiger partial charge is 0.0928 e. The van der Waals surface area contributed by atoms with Crippen molar-refractivity contribution in [1.29, 1.82) is 0 Å². The lowest BCUT2D eigenvalue weighted by Crippen LogP contribution is -1.96. The van der Waals surface area contributed by atoms with E-state index in [1.807, 2.05) is 47.4 Å².